The fraction of sp³-hybridized carbons (Fsp3) is 0.125. The Kier molecular flexibility index (Phi) is 4.39. The van der Waals surface area contributed by atoms with E-state index in [-0.39, 0.29) is 5.91 Å². The van der Waals surface area contributed by atoms with Gasteiger partial charge in [-0.1, -0.05) is 36.4 Å². The highest BCUT2D eigenvalue weighted by atomic mass is 16.1. The van der Waals surface area contributed by atoms with Gasteiger partial charge in [0.1, 0.15) is 0 Å². The van der Waals surface area contributed by atoms with E-state index in [2.05, 4.69) is 25.9 Å². The van der Waals surface area contributed by atoms with Crippen LogP contribution in [0.1, 0.15) is 10.4 Å². The molecule has 0 fully saturated rings. The van der Waals surface area contributed by atoms with E-state index in [9.17, 15) is 4.79 Å². The van der Waals surface area contributed by atoms with Crippen LogP contribution < -0.4 is 11.1 Å². The van der Waals surface area contributed by atoms with Crippen molar-refractivity contribution in [3.05, 3.63) is 54.1 Å². The number of amides is 1. The van der Waals surface area contributed by atoms with Crippen LogP contribution in [-0.2, 0) is 0 Å². The summed E-state index contributed by atoms with van der Waals surface area (Å²) in [6.07, 6.45) is 0. The molecule has 7 heteroatoms. The maximum Gasteiger partial charge on any atom is 0.251 e. The van der Waals surface area contributed by atoms with E-state index < -0.39 is 0 Å². The molecule has 4 N–H and O–H groups in total. The molecule has 2 aromatic carbocycles. The summed E-state index contributed by atoms with van der Waals surface area (Å²) in [6.45, 7) is 0.879. The van der Waals surface area contributed by atoms with Crippen molar-refractivity contribution in [1.82, 2.24) is 25.9 Å². The Hall–Kier alpha value is -3.06. The van der Waals surface area contributed by atoms with E-state index in [1.54, 1.807) is 12.1 Å². The van der Waals surface area contributed by atoms with E-state index in [0.29, 0.717) is 24.5 Å². The number of benzene rings is 2. The van der Waals surface area contributed by atoms with E-state index in [0.717, 1.165) is 16.7 Å². The first kappa shape index (κ1) is 14.9. The fourth-order valence-corrected chi connectivity index (χ4v) is 2.30. The highest BCUT2D eigenvalue weighted by molar-refractivity contribution is 5.95. The lowest BCUT2D eigenvalue weighted by atomic mass is 9.98. The monoisotopic (exact) mass is 308 g/mol. The van der Waals surface area contributed by atoms with Gasteiger partial charge in [0, 0.05) is 24.2 Å². The van der Waals surface area contributed by atoms with Gasteiger partial charge in [0.15, 0.2) is 5.82 Å². The molecule has 3 aromatic rings. The third kappa shape index (κ3) is 3.24. The minimum absolute atomic E-state index is 0.130. The second-order valence-electron chi connectivity index (χ2n) is 4.92. The van der Waals surface area contributed by atoms with Gasteiger partial charge < -0.3 is 11.1 Å². The van der Waals surface area contributed by atoms with Crippen molar-refractivity contribution in [2.45, 2.75) is 0 Å². The van der Waals surface area contributed by atoms with Crippen LogP contribution in [0.2, 0.25) is 0 Å². The SMILES string of the molecule is NCCNC(=O)c1ccc(-c2ccccc2-c2nnn[nH]2)cc1. The molecule has 0 atom stereocenters. The molecule has 0 spiro atoms. The number of H-pyrrole nitrogens is 1. The van der Waals surface area contributed by atoms with Gasteiger partial charge in [-0.15, -0.1) is 5.10 Å². The number of carbonyl (C=O) groups is 1. The molecule has 0 aliphatic carbocycles. The summed E-state index contributed by atoms with van der Waals surface area (Å²) < 4.78 is 0. The smallest absolute Gasteiger partial charge is 0.251 e. The van der Waals surface area contributed by atoms with Gasteiger partial charge in [-0.25, -0.2) is 5.10 Å². The molecule has 0 unspecified atom stereocenters. The lowest BCUT2D eigenvalue weighted by Gasteiger charge is -2.08. The minimum atomic E-state index is -0.130. The Balaban J connectivity index is 1.90. The molecule has 3 rings (SSSR count). The molecule has 0 bridgehead atoms. The van der Waals surface area contributed by atoms with Gasteiger partial charge in [0.05, 0.1) is 0 Å². The zero-order valence-corrected chi connectivity index (χ0v) is 12.4. The summed E-state index contributed by atoms with van der Waals surface area (Å²) in [5.41, 5.74) is 8.85. The number of rotatable bonds is 5. The molecule has 1 aromatic heterocycles. The van der Waals surface area contributed by atoms with Crippen LogP contribution in [0, 0.1) is 0 Å². The molecule has 0 saturated carbocycles. The topological polar surface area (TPSA) is 110 Å². The lowest BCUT2D eigenvalue weighted by Crippen LogP contribution is -2.28. The van der Waals surface area contributed by atoms with Crippen LogP contribution in [-0.4, -0.2) is 39.6 Å². The molecule has 0 radical (unpaired) electrons. The molecule has 116 valence electrons. The quantitative estimate of drug-likeness (QED) is 0.656. The van der Waals surface area contributed by atoms with Crippen LogP contribution in [0.15, 0.2) is 48.5 Å². The summed E-state index contributed by atoms with van der Waals surface area (Å²) in [7, 11) is 0. The van der Waals surface area contributed by atoms with E-state index >= 15 is 0 Å². The average Bonchev–Trinajstić information content (AvgIpc) is 3.14. The lowest BCUT2D eigenvalue weighted by molar-refractivity contribution is 0.0955. The van der Waals surface area contributed by atoms with Crippen molar-refractivity contribution in [2.75, 3.05) is 13.1 Å². The normalized spacial score (nSPS) is 10.5. The summed E-state index contributed by atoms with van der Waals surface area (Å²) in [6, 6.07) is 15.2. The van der Waals surface area contributed by atoms with Gasteiger partial charge in [-0.3, -0.25) is 4.79 Å². The number of nitrogens with zero attached hydrogens (tertiary/aromatic N) is 3. The molecular weight excluding hydrogens is 292 g/mol. The summed E-state index contributed by atoms with van der Waals surface area (Å²) >= 11 is 0. The standard InChI is InChI=1S/C16H16N6O/c17-9-10-18-16(23)12-7-5-11(6-8-12)13-3-1-2-4-14(13)15-19-21-22-20-15/h1-8H,9-10,17H2,(H,18,23)(H,19,20,21,22). The van der Waals surface area contributed by atoms with Crippen LogP contribution in [0.3, 0.4) is 0 Å². The van der Waals surface area contributed by atoms with Gasteiger partial charge >= 0.3 is 0 Å². The number of aromatic amines is 1. The molecule has 1 heterocycles. The van der Waals surface area contributed by atoms with Crippen LogP contribution in [0.25, 0.3) is 22.5 Å². The number of nitrogens with one attached hydrogen (secondary N) is 2. The summed E-state index contributed by atoms with van der Waals surface area (Å²) in [4.78, 5) is 11.9. The van der Waals surface area contributed by atoms with Crippen molar-refractivity contribution in [3.63, 3.8) is 0 Å². The van der Waals surface area contributed by atoms with Crippen molar-refractivity contribution in [2.24, 2.45) is 5.73 Å². The number of nitrogens with two attached hydrogens (primary N) is 1. The van der Waals surface area contributed by atoms with Crippen molar-refractivity contribution in [3.8, 4) is 22.5 Å². The third-order valence-corrected chi connectivity index (χ3v) is 3.42. The zero-order chi connectivity index (χ0) is 16.1. The number of hydrogen-bond donors (Lipinski definition) is 3. The largest absolute Gasteiger partial charge is 0.351 e. The second kappa shape index (κ2) is 6.80. The molecule has 23 heavy (non-hydrogen) atoms. The first-order chi connectivity index (χ1) is 11.3. The van der Waals surface area contributed by atoms with Crippen LogP contribution >= 0.6 is 0 Å². The second-order valence-corrected chi connectivity index (χ2v) is 4.92. The van der Waals surface area contributed by atoms with Gasteiger partial charge in [0.2, 0.25) is 0 Å². The summed E-state index contributed by atoms with van der Waals surface area (Å²) in [5, 5.41) is 16.7. The Morgan fingerprint density at radius 2 is 1.83 bits per heavy atom. The molecule has 0 aliphatic rings. The van der Waals surface area contributed by atoms with Crippen LogP contribution in [0.5, 0.6) is 0 Å². The van der Waals surface area contributed by atoms with Crippen molar-refractivity contribution < 1.29 is 4.79 Å². The van der Waals surface area contributed by atoms with Gasteiger partial charge in [-0.2, -0.15) is 0 Å². The van der Waals surface area contributed by atoms with Gasteiger partial charge in [-0.05, 0) is 33.7 Å². The zero-order valence-electron chi connectivity index (χ0n) is 12.4. The summed E-state index contributed by atoms with van der Waals surface area (Å²) in [5.74, 6) is 0.472. The number of carbonyl (C=O) groups excluding carboxylic acids is 1. The minimum Gasteiger partial charge on any atom is -0.351 e. The maximum atomic E-state index is 11.9. The highest BCUT2D eigenvalue weighted by Gasteiger charge is 2.11. The number of aromatic nitrogens is 4. The highest BCUT2D eigenvalue weighted by Crippen LogP contribution is 2.29. The molecule has 1 amide bonds. The predicted octanol–water partition coefficient (Wildman–Crippen LogP) is 1.22. The first-order valence-corrected chi connectivity index (χ1v) is 7.21. The Morgan fingerprint density at radius 1 is 1.09 bits per heavy atom. The van der Waals surface area contributed by atoms with Gasteiger partial charge in [0.25, 0.3) is 5.91 Å². The maximum absolute atomic E-state index is 11.9. The van der Waals surface area contributed by atoms with E-state index in [1.807, 2.05) is 36.4 Å². The fourth-order valence-electron chi connectivity index (χ4n) is 2.30. The molecule has 0 aliphatic heterocycles. The van der Waals surface area contributed by atoms with E-state index in [4.69, 9.17) is 5.73 Å². The third-order valence-electron chi connectivity index (χ3n) is 3.42. The molecule has 7 nitrogen and oxygen atoms in total. The van der Waals surface area contributed by atoms with Crippen LogP contribution in [0.4, 0.5) is 0 Å². The van der Waals surface area contributed by atoms with E-state index in [1.165, 1.54) is 0 Å². The number of tetrazole rings is 1. The molecule has 0 saturated heterocycles. The Morgan fingerprint density at radius 3 is 2.48 bits per heavy atom. The first-order valence-electron chi connectivity index (χ1n) is 7.21. The number of hydrogen-bond acceptors (Lipinski definition) is 5. The average molecular weight is 308 g/mol. The Labute approximate surface area is 132 Å². The predicted molar refractivity (Wildman–Crippen MR) is 86.4 cm³/mol. The van der Waals surface area contributed by atoms with Crippen molar-refractivity contribution >= 4 is 5.91 Å². The molecular formula is C16H16N6O. The van der Waals surface area contributed by atoms with Crippen molar-refractivity contribution in [1.29, 1.82) is 0 Å². The Bertz CT molecular complexity index is 783.